The Hall–Kier alpha value is -3.55. The molecule has 1 saturated heterocycles. The third kappa shape index (κ3) is 12.8. The minimum atomic E-state index is -1.02. The molecule has 1 heterocycles. The number of ketones is 1. The number of nitrogens with zero attached hydrogens (tertiary/aromatic N) is 5. The number of guanidine groups is 1. The highest BCUT2D eigenvalue weighted by Crippen LogP contribution is 2.31. The summed E-state index contributed by atoms with van der Waals surface area (Å²) in [5.74, 6) is -2.35. The van der Waals surface area contributed by atoms with Crippen molar-refractivity contribution in [3.8, 4) is 0 Å². The molecule has 13 heteroatoms. The minimum absolute atomic E-state index is 0.0110. The molecule has 0 aliphatic carbocycles. The van der Waals surface area contributed by atoms with Gasteiger partial charge in [-0.2, -0.15) is 0 Å². The average Bonchev–Trinajstić information content (AvgIpc) is 3.63. The average molecular weight is 759 g/mol. The largest absolute Gasteiger partial charge is 0.481 e. The SMILES string of the molecule is CC[C@H](C)[C@@H]([C@@H](CC(=O)N1CCC[C@H]1[C@H](OC)[C@@H](C)C(=O)C[C@@H](Cc1ccccc1)C(=O)O)OC)N(C)C(=O)[C@@H](N=C(N(C)C)N(C)CCNC)C(C)C. The molecule has 1 aromatic carbocycles. The third-order valence-corrected chi connectivity index (χ3v) is 11.1. The Morgan fingerprint density at radius 3 is 2.17 bits per heavy atom. The lowest BCUT2D eigenvalue weighted by Crippen LogP contribution is -2.55. The zero-order chi connectivity index (χ0) is 40.7. The van der Waals surface area contributed by atoms with Gasteiger partial charge in [-0.15, -0.1) is 0 Å². The zero-order valence-corrected chi connectivity index (χ0v) is 35.1. The number of likely N-dealkylation sites (N-methyl/N-ethyl adjacent to an activating group) is 3. The van der Waals surface area contributed by atoms with Crippen LogP contribution in [0.2, 0.25) is 0 Å². The van der Waals surface area contributed by atoms with E-state index in [1.165, 1.54) is 0 Å². The summed E-state index contributed by atoms with van der Waals surface area (Å²) < 4.78 is 12.0. The lowest BCUT2D eigenvalue weighted by atomic mass is 9.85. The van der Waals surface area contributed by atoms with Gasteiger partial charge in [-0.05, 0) is 43.7 Å². The van der Waals surface area contributed by atoms with E-state index in [2.05, 4.69) is 19.2 Å². The lowest BCUT2D eigenvalue weighted by Gasteiger charge is -2.40. The second kappa shape index (κ2) is 22.7. The van der Waals surface area contributed by atoms with Crippen molar-refractivity contribution < 1.29 is 33.8 Å². The Labute approximate surface area is 324 Å². The highest BCUT2D eigenvalue weighted by molar-refractivity contribution is 5.88. The molecule has 0 bridgehead atoms. The first-order chi connectivity index (χ1) is 25.5. The fourth-order valence-corrected chi connectivity index (χ4v) is 7.67. The molecule has 8 atom stereocenters. The van der Waals surface area contributed by atoms with Crippen molar-refractivity contribution in [3.63, 3.8) is 0 Å². The van der Waals surface area contributed by atoms with Crippen LogP contribution in [0.25, 0.3) is 0 Å². The summed E-state index contributed by atoms with van der Waals surface area (Å²) in [6, 6.07) is 7.88. The molecule has 13 nitrogen and oxygen atoms in total. The summed E-state index contributed by atoms with van der Waals surface area (Å²) >= 11 is 0. The summed E-state index contributed by atoms with van der Waals surface area (Å²) in [6.07, 6.45) is 1.14. The van der Waals surface area contributed by atoms with Gasteiger partial charge in [0.1, 0.15) is 11.8 Å². The highest BCUT2D eigenvalue weighted by atomic mass is 16.5. The fraction of sp³-hybridized carbons (Fsp3) is 0.732. The molecule has 0 aromatic heterocycles. The molecule has 1 fully saturated rings. The van der Waals surface area contributed by atoms with Gasteiger partial charge in [0.25, 0.3) is 0 Å². The van der Waals surface area contributed by atoms with Gasteiger partial charge in [-0.25, -0.2) is 4.99 Å². The van der Waals surface area contributed by atoms with Crippen LogP contribution in [0.5, 0.6) is 0 Å². The fourth-order valence-electron chi connectivity index (χ4n) is 7.67. The molecule has 1 aliphatic heterocycles. The number of aliphatic carboxylic acids is 1. The molecule has 1 aliphatic rings. The van der Waals surface area contributed by atoms with E-state index < -0.39 is 42.1 Å². The van der Waals surface area contributed by atoms with Crippen molar-refractivity contribution in [2.24, 2.45) is 28.7 Å². The first kappa shape index (κ1) is 46.6. The van der Waals surface area contributed by atoms with E-state index in [-0.39, 0.29) is 54.7 Å². The van der Waals surface area contributed by atoms with Crippen molar-refractivity contribution in [1.29, 1.82) is 0 Å². The van der Waals surface area contributed by atoms with Crippen LogP contribution in [0, 0.1) is 23.7 Å². The molecule has 1 aromatic rings. The van der Waals surface area contributed by atoms with Gasteiger partial charge in [-0.1, -0.05) is 71.4 Å². The van der Waals surface area contributed by atoms with E-state index in [0.29, 0.717) is 18.9 Å². The maximum atomic E-state index is 14.4. The predicted molar refractivity (Wildman–Crippen MR) is 213 cm³/mol. The third-order valence-electron chi connectivity index (χ3n) is 11.1. The van der Waals surface area contributed by atoms with Gasteiger partial charge in [-0.3, -0.25) is 19.2 Å². The van der Waals surface area contributed by atoms with Crippen molar-refractivity contribution in [1.82, 2.24) is 24.9 Å². The quantitative estimate of drug-likeness (QED) is 0.132. The van der Waals surface area contributed by atoms with Crippen molar-refractivity contribution in [2.75, 3.05) is 69.1 Å². The van der Waals surface area contributed by atoms with Gasteiger partial charge in [0, 0.05) is 74.4 Å². The summed E-state index contributed by atoms with van der Waals surface area (Å²) in [5, 5.41) is 13.1. The molecule has 0 saturated carbocycles. The normalized spacial score (nSPS) is 18.7. The van der Waals surface area contributed by atoms with Crippen LogP contribution >= 0.6 is 0 Å². The van der Waals surface area contributed by atoms with Crippen molar-refractivity contribution in [3.05, 3.63) is 35.9 Å². The van der Waals surface area contributed by atoms with Crippen LogP contribution in [-0.4, -0.2) is 154 Å². The van der Waals surface area contributed by atoms with Gasteiger partial charge >= 0.3 is 5.97 Å². The topological polar surface area (TPSA) is 144 Å². The monoisotopic (exact) mass is 759 g/mol. The number of likely N-dealkylation sites (tertiary alicyclic amines) is 1. The van der Waals surface area contributed by atoms with E-state index in [1.807, 2.05) is 82.2 Å². The Morgan fingerprint density at radius 1 is 1.00 bits per heavy atom. The summed E-state index contributed by atoms with van der Waals surface area (Å²) in [6.45, 7) is 11.9. The second-order valence-electron chi connectivity index (χ2n) is 15.5. The zero-order valence-electron chi connectivity index (χ0n) is 35.1. The number of carbonyl (C=O) groups is 4. The van der Waals surface area contributed by atoms with E-state index >= 15 is 0 Å². The van der Waals surface area contributed by atoms with Crippen LogP contribution in [0.3, 0.4) is 0 Å². The molecule has 2 rings (SSSR count). The molecule has 0 unspecified atom stereocenters. The number of methoxy groups -OCH3 is 2. The van der Waals surface area contributed by atoms with Crippen LogP contribution in [0.15, 0.2) is 35.3 Å². The number of Topliss-reactive ketones (excluding diaryl/α,β-unsaturated/α-hetero) is 1. The number of rotatable bonds is 22. The molecule has 2 N–H and O–H groups in total. The highest BCUT2D eigenvalue weighted by Gasteiger charge is 2.43. The number of benzene rings is 1. The van der Waals surface area contributed by atoms with Crippen LogP contribution in [-0.2, 0) is 35.1 Å². The van der Waals surface area contributed by atoms with Gasteiger partial charge in [0.2, 0.25) is 11.8 Å². The second-order valence-corrected chi connectivity index (χ2v) is 15.5. The maximum absolute atomic E-state index is 14.4. The van der Waals surface area contributed by atoms with Crippen LogP contribution in [0.1, 0.15) is 72.3 Å². The van der Waals surface area contributed by atoms with Gasteiger partial charge in [0.15, 0.2) is 5.96 Å². The van der Waals surface area contributed by atoms with Crippen molar-refractivity contribution in [2.45, 2.75) is 103 Å². The molecular weight excluding hydrogens is 688 g/mol. The first-order valence-corrected chi connectivity index (χ1v) is 19.6. The van der Waals surface area contributed by atoms with Gasteiger partial charge in [0.05, 0.1) is 36.6 Å². The summed E-state index contributed by atoms with van der Waals surface area (Å²) in [7, 11) is 12.6. The molecule has 0 spiro atoms. The van der Waals surface area contributed by atoms with Crippen LogP contribution < -0.4 is 5.32 Å². The number of hydrogen-bond acceptors (Lipinski definition) is 8. The number of hydrogen-bond donors (Lipinski definition) is 2. The summed E-state index contributed by atoms with van der Waals surface area (Å²) in [4.78, 5) is 66.9. The molecule has 2 amide bonds. The number of carboxylic acid groups (broad SMARTS) is 1. The predicted octanol–water partition coefficient (Wildman–Crippen LogP) is 3.90. The number of nitrogens with one attached hydrogen (secondary N) is 1. The maximum Gasteiger partial charge on any atom is 0.307 e. The summed E-state index contributed by atoms with van der Waals surface area (Å²) in [5.41, 5.74) is 0.857. The van der Waals surface area contributed by atoms with Crippen molar-refractivity contribution >= 4 is 29.5 Å². The number of amides is 2. The van der Waals surface area contributed by atoms with Crippen LogP contribution in [0.4, 0.5) is 0 Å². The van der Waals surface area contributed by atoms with E-state index in [1.54, 1.807) is 38.0 Å². The number of carboxylic acids is 1. The Balaban J connectivity index is 2.31. The standard InChI is InChI=1S/C41H70N6O7/c1-13-28(4)37(46(10)39(50)36(27(2)3)43-41(44(7)8)45(9)23-21-42-6)34(53-11)26-35(49)47-22-17-20-32(47)38(54-12)29(5)33(48)25-31(40(51)52)24-30-18-15-14-16-19-30/h14-16,18-19,27-29,31-32,34,36-38,42H,13,17,20-26H2,1-12H3,(H,51,52)/t28-,29-,31+,32-,34+,36-,37-,38+/m0/s1. The minimum Gasteiger partial charge on any atom is -0.481 e. The molecule has 306 valence electrons. The van der Waals surface area contributed by atoms with E-state index in [0.717, 1.165) is 31.5 Å². The molecule has 0 radical (unpaired) electrons. The molecular formula is C41H70N6O7. The van der Waals surface area contributed by atoms with E-state index in [4.69, 9.17) is 14.5 Å². The van der Waals surface area contributed by atoms with E-state index in [9.17, 15) is 24.3 Å². The lowest BCUT2D eigenvalue weighted by molar-refractivity contribution is -0.147. The number of aliphatic imine (C=N–C) groups is 1. The Bertz CT molecular complexity index is 1360. The molecule has 54 heavy (non-hydrogen) atoms. The Kier molecular flexibility index (Phi) is 19.6. The van der Waals surface area contributed by atoms with Gasteiger partial charge < -0.3 is 39.5 Å². The number of ether oxygens (including phenoxy) is 2. The smallest absolute Gasteiger partial charge is 0.307 e. The Morgan fingerprint density at radius 2 is 1.65 bits per heavy atom. The first-order valence-electron chi connectivity index (χ1n) is 19.6. The number of carbonyl (C=O) groups excluding carboxylic acids is 3.